The first kappa shape index (κ1) is 20.1. The molecule has 3 aromatic rings. The van der Waals surface area contributed by atoms with Crippen LogP contribution in [-0.4, -0.2) is 30.5 Å². The Labute approximate surface area is 170 Å². The number of ether oxygens (including phenoxy) is 1. The predicted octanol–water partition coefficient (Wildman–Crippen LogP) is 4.15. The number of benzene rings is 2. The highest BCUT2D eigenvalue weighted by molar-refractivity contribution is 6.08. The van der Waals surface area contributed by atoms with Crippen molar-refractivity contribution in [2.24, 2.45) is 0 Å². The molecule has 6 heteroatoms. The zero-order chi connectivity index (χ0) is 20.6. The molecule has 0 aliphatic carbocycles. The molecule has 1 heterocycles. The van der Waals surface area contributed by atoms with Gasteiger partial charge in [0.1, 0.15) is 5.82 Å². The summed E-state index contributed by atoms with van der Waals surface area (Å²) in [6.45, 7) is 2.68. The average Bonchev–Trinajstić information content (AvgIpc) is 2.75. The lowest BCUT2D eigenvalue weighted by molar-refractivity contribution is 0.0527. The quantitative estimate of drug-likeness (QED) is 0.615. The number of carbonyl (C=O) groups excluding carboxylic acids is 2. The van der Waals surface area contributed by atoms with Gasteiger partial charge in [-0.1, -0.05) is 42.5 Å². The molecule has 0 fully saturated rings. The Morgan fingerprint density at radius 2 is 1.76 bits per heavy atom. The highest BCUT2D eigenvalue weighted by atomic mass is 16.5. The molecule has 0 spiro atoms. The molecule has 0 bridgehead atoms. The molecule has 1 N–H and O–H groups in total. The van der Waals surface area contributed by atoms with E-state index in [9.17, 15) is 9.59 Å². The highest BCUT2D eigenvalue weighted by Crippen LogP contribution is 2.19. The zero-order valence-electron chi connectivity index (χ0n) is 16.5. The van der Waals surface area contributed by atoms with Gasteiger partial charge in [0, 0.05) is 25.4 Å². The number of para-hydroxylation sites is 1. The highest BCUT2D eigenvalue weighted by Gasteiger charge is 2.16. The fourth-order valence-electron chi connectivity index (χ4n) is 2.88. The van der Waals surface area contributed by atoms with E-state index in [2.05, 4.69) is 10.3 Å². The van der Waals surface area contributed by atoms with Crippen LogP contribution in [0.15, 0.2) is 72.9 Å². The topological polar surface area (TPSA) is 71.5 Å². The minimum Gasteiger partial charge on any atom is -0.462 e. The third kappa shape index (κ3) is 5.19. The Balaban J connectivity index is 1.76. The number of amides is 1. The van der Waals surface area contributed by atoms with E-state index in [1.165, 1.54) is 0 Å². The van der Waals surface area contributed by atoms with Crippen LogP contribution >= 0.6 is 0 Å². The van der Waals surface area contributed by atoms with Crippen LogP contribution in [-0.2, 0) is 11.3 Å². The van der Waals surface area contributed by atoms with Crippen molar-refractivity contribution in [3.8, 4) is 0 Å². The summed E-state index contributed by atoms with van der Waals surface area (Å²) >= 11 is 0. The Morgan fingerprint density at radius 1 is 1.03 bits per heavy atom. The maximum absolute atomic E-state index is 12.8. The van der Waals surface area contributed by atoms with Gasteiger partial charge in [0.2, 0.25) is 0 Å². The van der Waals surface area contributed by atoms with Gasteiger partial charge in [-0.15, -0.1) is 0 Å². The molecule has 0 atom stereocenters. The first-order chi connectivity index (χ1) is 14.1. The molecule has 0 aliphatic heterocycles. The minimum atomic E-state index is -0.471. The third-order valence-corrected chi connectivity index (χ3v) is 4.33. The summed E-state index contributed by atoms with van der Waals surface area (Å²) in [5.74, 6) is -0.111. The summed E-state index contributed by atoms with van der Waals surface area (Å²) in [7, 11) is 1.92. The van der Waals surface area contributed by atoms with Gasteiger partial charge < -0.3 is 15.0 Å². The molecule has 1 aromatic heterocycles. The van der Waals surface area contributed by atoms with Crippen LogP contribution < -0.4 is 10.2 Å². The fourth-order valence-corrected chi connectivity index (χ4v) is 2.88. The molecule has 0 radical (unpaired) electrons. The van der Waals surface area contributed by atoms with E-state index in [4.69, 9.17) is 4.74 Å². The number of carbonyl (C=O) groups is 2. The van der Waals surface area contributed by atoms with E-state index < -0.39 is 5.97 Å². The van der Waals surface area contributed by atoms with Crippen LogP contribution in [0.4, 0.5) is 11.5 Å². The number of hydrogen-bond donors (Lipinski definition) is 1. The first-order valence-corrected chi connectivity index (χ1v) is 9.37. The summed E-state index contributed by atoms with van der Waals surface area (Å²) in [4.78, 5) is 31.2. The summed E-state index contributed by atoms with van der Waals surface area (Å²) in [5.41, 5.74) is 2.33. The largest absolute Gasteiger partial charge is 0.462 e. The van der Waals surface area contributed by atoms with Crippen molar-refractivity contribution in [2.75, 3.05) is 23.9 Å². The Bertz CT molecular complexity index is 989. The van der Waals surface area contributed by atoms with E-state index in [-0.39, 0.29) is 12.5 Å². The molecule has 29 heavy (non-hydrogen) atoms. The number of aromatic nitrogens is 1. The van der Waals surface area contributed by atoms with Crippen LogP contribution in [0.2, 0.25) is 0 Å². The molecule has 0 saturated heterocycles. The monoisotopic (exact) mass is 389 g/mol. The second-order valence-corrected chi connectivity index (χ2v) is 6.46. The first-order valence-electron chi connectivity index (χ1n) is 9.37. The maximum Gasteiger partial charge on any atom is 0.340 e. The summed E-state index contributed by atoms with van der Waals surface area (Å²) < 4.78 is 5.06. The number of esters is 1. The number of nitrogens with zero attached hydrogens (tertiary/aromatic N) is 2. The number of pyridine rings is 1. The molecular formula is C23H23N3O3. The van der Waals surface area contributed by atoms with E-state index in [0.717, 1.165) is 5.56 Å². The normalized spacial score (nSPS) is 10.3. The SMILES string of the molecule is CCOC(=O)c1ccccc1NC(=O)c1ccnc(N(C)Cc2ccccc2)c1. The van der Waals surface area contributed by atoms with Crippen molar-refractivity contribution in [2.45, 2.75) is 13.5 Å². The molecule has 1 amide bonds. The molecule has 2 aromatic carbocycles. The Hall–Kier alpha value is -3.67. The van der Waals surface area contributed by atoms with Crippen molar-refractivity contribution in [3.63, 3.8) is 0 Å². The van der Waals surface area contributed by atoms with E-state index in [1.54, 1.807) is 49.5 Å². The summed E-state index contributed by atoms with van der Waals surface area (Å²) in [5, 5.41) is 2.80. The van der Waals surface area contributed by atoms with E-state index in [0.29, 0.717) is 29.2 Å². The molecular weight excluding hydrogens is 366 g/mol. The number of rotatable bonds is 7. The lowest BCUT2D eigenvalue weighted by Crippen LogP contribution is -2.20. The van der Waals surface area contributed by atoms with Crippen LogP contribution in [0.3, 0.4) is 0 Å². The minimum absolute atomic E-state index is 0.266. The molecule has 0 unspecified atom stereocenters. The van der Waals surface area contributed by atoms with Crippen molar-refractivity contribution >= 4 is 23.4 Å². The van der Waals surface area contributed by atoms with Crippen LogP contribution in [0.25, 0.3) is 0 Å². The van der Waals surface area contributed by atoms with Gasteiger partial charge in [0.05, 0.1) is 17.9 Å². The van der Waals surface area contributed by atoms with Gasteiger partial charge in [-0.25, -0.2) is 9.78 Å². The van der Waals surface area contributed by atoms with Gasteiger partial charge in [0.25, 0.3) is 5.91 Å². The lowest BCUT2D eigenvalue weighted by Gasteiger charge is -2.19. The van der Waals surface area contributed by atoms with E-state index >= 15 is 0 Å². The van der Waals surface area contributed by atoms with Crippen molar-refractivity contribution in [3.05, 3.63) is 89.6 Å². The predicted molar refractivity (Wildman–Crippen MR) is 113 cm³/mol. The van der Waals surface area contributed by atoms with Gasteiger partial charge in [-0.3, -0.25) is 4.79 Å². The zero-order valence-corrected chi connectivity index (χ0v) is 16.5. The number of hydrogen-bond acceptors (Lipinski definition) is 5. The fraction of sp³-hybridized carbons (Fsp3) is 0.174. The molecule has 0 aliphatic rings. The lowest BCUT2D eigenvalue weighted by atomic mass is 10.1. The summed E-state index contributed by atoms with van der Waals surface area (Å²) in [6, 6.07) is 20.2. The second kappa shape index (κ2) is 9.50. The Kier molecular flexibility index (Phi) is 6.58. The van der Waals surface area contributed by atoms with E-state index in [1.807, 2.05) is 42.3 Å². The van der Waals surface area contributed by atoms with Gasteiger partial charge in [0.15, 0.2) is 0 Å². The number of nitrogens with one attached hydrogen (secondary N) is 1. The maximum atomic E-state index is 12.8. The third-order valence-electron chi connectivity index (χ3n) is 4.33. The van der Waals surface area contributed by atoms with Crippen molar-refractivity contribution < 1.29 is 14.3 Å². The average molecular weight is 389 g/mol. The van der Waals surface area contributed by atoms with Crippen molar-refractivity contribution in [1.82, 2.24) is 4.98 Å². The van der Waals surface area contributed by atoms with Crippen LogP contribution in [0.5, 0.6) is 0 Å². The van der Waals surface area contributed by atoms with Crippen LogP contribution in [0.1, 0.15) is 33.2 Å². The summed E-state index contributed by atoms with van der Waals surface area (Å²) in [6.07, 6.45) is 1.60. The molecule has 148 valence electrons. The molecule has 3 rings (SSSR count). The Morgan fingerprint density at radius 3 is 2.52 bits per heavy atom. The number of anilines is 2. The van der Waals surface area contributed by atoms with Gasteiger partial charge in [-0.2, -0.15) is 0 Å². The van der Waals surface area contributed by atoms with Gasteiger partial charge >= 0.3 is 5.97 Å². The van der Waals surface area contributed by atoms with Gasteiger partial charge in [-0.05, 0) is 36.8 Å². The smallest absolute Gasteiger partial charge is 0.340 e. The molecule has 6 nitrogen and oxygen atoms in total. The molecule has 0 saturated carbocycles. The standard InChI is InChI=1S/C23H23N3O3/c1-3-29-23(28)19-11-7-8-12-20(19)25-22(27)18-13-14-24-21(15-18)26(2)16-17-9-5-4-6-10-17/h4-15H,3,16H2,1-2H3,(H,25,27). The second-order valence-electron chi connectivity index (χ2n) is 6.46. The van der Waals surface area contributed by atoms with Crippen LogP contribution in [0, 0.1) is 0 Å². The van der Waals surface area contributed by atoms with Crippen molar-refractivity contribution in [1.29, 1.82) is 0 Å².